The highest BCUT2D eigenvalue weighted by Gasteiger charge is 2.42. The lowest BCUT2D eigenvalue weighted by Crippen LogP contribution is -2.39. The number of carbonyl (C=O) groups is 1. The van der Waals surface area contributed by atoms with Crippen LogP contribution in [0.4, 0.5) is 5.69 Å². The predicted molar refractivity (Wildman–Crippen MR) is 192 cm³/mol. The van der Waals surface area contributed by atoms with Gasteiger partial charge in [0.1, 0.15) is 11.5 Å². The van der Waals surface area contributed by atoms with Crippen molar-refractivity contribution < 1.29 is 4.79 Å². The smallest absolute Gasteiger partial charge is 0.187 e. The van der Waals surface area contributed by atoms with Gasteiger partial charge in [-0.2, -0.15) is 0 Å². The zero-order chi connectivity index (χ0) is 33.3. The maximum atomic E-state index is 14.3. The van der Waals surface area contributed by atoms with E-state index in [1.54, 1.807) is 0 Å². The van der Waals surface area contributed by atoms with Gasteiger partial charge in [0.2, 0.25) is 0 Å². The molecule has 47 heavy (non-hydrogen) atoms. The van der Waals surface area contributed by atoms with Gasteiger partial charge in [-0.05, 0) is 90.5 Å². The molecule has 246 valence electrons. The van der Waals surface area contributed by atoms with E-state index in [0.717, 1.165) is 59.3 Å². The largest absolute Gasteiger partial charge is 0.387 e. The van der Waals surface area contributed by atoms with Gasteiger partial charge in [0, 0.05) is 47.4 Å². The number of Topliss-reactive ketones (excluding diaryl/α,β-unsaturated/α-hetero) is 1. The van der Waals surface area contributed by atoms with Gasteiger partial charge in [-0.15, -0.1) is 0 Å². The van der Waals surface area contributed by atoms with Crippen LogP contribution in [0, 0.1) is 23.7 Å². The molecule has 6 rings (SSSR count). The molecular formula is C39H47ClN6O. The number of aromatic nitrogens is 2. The van der Waals surface area contributed by atoms with E-state index in [1.165, 1.54) is 24.8 Å². The van der Waals surface area contributed by atoms with Crippen LogP contribution in [0.1, 0.15) is 92.4 Å². The Labute approximate surface area is 284 Å². The fourth-order valence-electron chi connectivity index (χ4n) is 7.54. The molecule has 0 spiro atoms. The third kappa shape index (κ3) is 6.66. The van der Waals surface area contributed by atoms with Gasteiger partial charge >= 0.3 is 0 Å². The standard InChI is InChI=1S/C39H47ClN6O/c1-6-27-13-17-45(18-14-27)24-34-43-16-19-46(34)23-30-20-28(9-12-33(30)40)35(32-11-10-31-25(2)21-44-37(31)26(32)3)39(4,5)38(47)36(41)29-8-7-15-42-22-29/h7-12,15-16,19-21,25,27,35,41-42H,6,13-14,17-18,22-24H2,1-5H3/t25?,35-/m0/s1. The molecule has 8 heteroatoms. The average molecular weight is 651 g/mol. The van der Waals surface area contributed by atoms with Crippen molar-refractivity contribution in [3.05, 3.63) is 105 Å². The number of ketones is 1. The normalized spacial score (nSPS) is 18.9. The number of hydrogen-bond acceptors (Lipinski definition) is 6. The van der Waals surface area contributed by atoms with Crippen LogP contribution in [-0.4, -0.2) is 51.8 Å². The number of halogens is 1. The molecule has 4 heterocycles. The van der Waals surface area contributed by atoms with E-state index >= 15 is 0 Å². The van der Waals surface area contributed by atoms with E-state index in [2.05, 4.69) is 53.8 Å². The first-order valence-electron chi connectivity index (χ1n) is 17.0. The van der Waals surface area contributed by atoms with Crippen molar-refractivity contribution in [2.75, 3.05) is 19.6 Å². The highest BCUT2D eigenvalue weighted by atomic mass is 35.5. The third-order valence-electron chi connectivity index (χ3n) is 10.6. The number of aliphatic imine (C=N–C) groups is 1. The minimum atomic E-state index is -0.943. The van der Waals surface area contributed by atoms with Gasteiger partial charge in [-0.1, -0.05) is 76.1 Å². The van der Waals surface area contributed by atoms with Crippen LogP contribution < -0.4 is 5.32 Å². The Morgan fingerprint density at radius 1 is 1.17 bits per heavy atom. The summed E-state index contributed by atoms with van der Waals surface area (Å²) in [6.07, 6.45) is 15.2. The van der Waals surface area contributed by atoms with Crippen molar-refractivity contribution in [3.8, 4) is 0 Å². The first-order valence-corrected chi connectivity index (χ1v) is 17.4. The molecule has 0 amide bonds. The molecule has 3 aliphatic rings. The maximum absolute atomic E-state index is 14.3. The second kappa shape index (κ2) is 13.7. The van der Waals surface area contributed by atoms with Gasteiger partial charge in [-0.25, -0.2) is 4.98 Å². The Morgan fingerprint density at radius 2 is 1.96 bits per heavy atom. The number of likely N-dealkylation sites (tertiary alicyclic amines) is 1. The zero-order valence-electron chi connectivity index (χ0n) is 28.3. The Morgan fingerprint density at radius 3 is 2.68 bits per heavy atom. The summed E-state index contributed by atoms with van der Waals surface area (Å²) in [6, 6.07) is 10.5. The summed E-state index contributed by atoms with van der Waals surface area (Å²) in [5.41, 5.74) is 6.07. The molecule has 1 fully saturated rings. The first kappa shape index (κ1) is 33.1. The lowest BCUT2D eigenvalue weighted by molar-refractivity contribution is -0.121. The molecule has 0 radical (unpaired) electrons. The molecule has 2 N–H and O–H groups in total. The van der Waals surface area contributed by atoms with Crippen molar-refractivity contribution in [3.63, 3.8) is 0 Å². The van der Waals surface area contributed by atoms with E-state index in [-0.39, 0.29) is 23.3 Å². The van der Waals surface area contributed by atoms with Crippen LogP contribution in [0.25, 0.3) is 0 Å². The SMILES string of the molecule is CCC1CCN(Cc2nccn2Cc2cc([C@@H](c3ccc4c(c3C)N=CC4C)C(C)(C)C(=O)C(=N)C3=CC=CNC3)ccc2Cl)CC1. The summed E-state index contributed by atoms with van der Waals surface area (Å²) in [5.74, 6) is 1.59. The molecule has 0 aliphatic carbocycles. The average Bonchev–Trinajstić information content (AvgIpc) is 3.69. The van der Waals surface area contributed by atoms with Crippen LogP contribution in [-0.2, 0) is 17.9 Å². The number of rotatable bonds is 11. The monoisotopic (exact) mass is 650 g/mol. The van der Waals surface area contributed by atoms with Crippen molar-refractivity contribution in [2.24, 2.45) is 16.3 Å². The summed E-state index contributed by atoms with van der Waals surface area (Å²) >= 11 is 6.91. The Bertz CT molecular complexity index is 1760. The predicted octanol–water partition coefficient (Wildman–Crippen LogP) is 8.12. The fraction of sp³-hybridized carbons (Fsp3) is 0.436. The van der Waals surface area contributed by atoms with Gasteiger partial charge in [0.15, 0.2) is 5.78 Å². The molecule has 2 atom stereocenters. The minimum Gasteiger partial charge on any atom is -0.387 e. The number of allylic oxidation sites excluding steroid dienone is 2. The van der Waals surface area contributed by atoms with Crippen LogP contribution in [0.2, 0.25) is 5.02 Å². The molecule has 1 saturated heterocycles. The van der Waals surface area contributed by atoms with E-state index in [4.69, 9.17) is 27.0 Å². The summed E-state index contributed by atoms with van der Waals surface area (Å²) < 4.78 is 2.20. The van der Waals surface area contributed by atoms with Crippen molar-refractivity contribution in [1.29, 1.82) is 5.41 Å². The lowest BCUT2D eigenvalue weighted by atomic mass is 9.66. The highest BCUT2D eigenvalue weighted by Crippen LogP contribution is 2.47. The van der Waals surface area contributed by atoms with E-state index < -0.39 is 5.41 Å². The Kier molecular flexibility index (Phi) is 9.67. The summed E-state index contributed by atoms with van der Waals surface area (Å²) in [6.45, 7) is 14.6. The quantitative estimate of drug-likeness (QED) is 0.205. The van der Waals surface area contributed by atoms with Crippen LogP contribution in [0.5, 0.6) is 0 Å². The van der Waals surface area contributed by atoms with E-state index in [0.29, 0.717) is 23.7 Å². The number of benzene rings is 2. The number of nitrogens with one attached hydrogen (secondary N) is 2. The molecule has 1 aromatic heterocycles. The highest BCUT2D eigenvalue weighted by molar-refractivity contribution is 6.46. The van der Waals surface area contributed by atoms with Crippen molar-refractivity contribution in [2.45, 2.75) is 78.8 Å². The molecule has 2 aromatic carbocycles. The van der Waals surface area contributed by atoms with Gasteiger partial charge in [-0.3, -0.25) is 20.1 Å². The minimum absolute atomic E-state index is 0.0440. The number of carbonyl (C=O) groups excluding carboxylic acids is 1. The molecule has 3 aliphatic heterocycles. The number of hydrogen-bond donors (Lipinski definition) is 2. The molecule has 0 bridgehead atoms. The summed E-state index contributed by atoms with van der Waals surface area (Å²) in [5, 5.41) is 12.8. The topological polar surface area (TPSA) is 86.4 Å². The van der Waals surface area contributed by atoms with Crippen LogP contribution in [0.15, 0.2) is 71.6 Å². The molecule has 7 nitrogen and oxygen atoms in total. The van der Waals surface area contributed by atoms with E-state index in [1.807, 2.05) is 62.9 Å². The van der Waals surface area contributed by atoms with Crippen molar-refractivity contribution >= 4 is 35.0 Å². The number of nitrogens with zero attached hydrogens (tertiary/aromatic N) is 4. The van der Waals surface area contributed by atoms with Gasteiger partial charge in [0.05, 0.1) is 18.8 Å². The number of fused-ring (bicyclic) bond motifs is 1. The molecule has 3 aromatic rings. The summed E-state index contributed by atoms with van der Waals surface area (Å²) in [4.78, 5) is 26.4. The number of dihydropyridines is 1. The first-order chi connectivity index (χ1) is 22.6. The number of imidazole rings is 1. The zero-order valence-corrected chi connectivity index (χ0v) is 29.1. The Balaban J connectivity index is 1.36. The van der Waals surface area contributed by atoms with Gasteiger partial charge in [0.25, 0.3) is 0 Å². The van der Waals surface area contributed by atoms with Crippen LogP contribution in [0.3, 0.4) is 0 Å². The molecular weight excluding hydrogens is 604 g/mol. The third-order valence-corrected chi connectivity index (χ3v) is 11.0. The Hall–Kier alpha value is -3.81. The van der Waals surface area contributed by atoms with E-state index in [9.17, 15) is 4.79 Å². The van der Waals surface area contributed by atoms with Gasteiger partial charge < -0.3 is 9.88 Å². The van der Waals surface area contributed by atoms with Crippen molar-refractivity contribution in [1.82, 2.24) is 19.8 Å². The number of piperidine rings is 1. The second-order valence-corrected chi connectivity index (χ2v) is 14.4. The lowest BCUT2D eigenvalue weighted by Gasteiger charge is -2.36. The maximum Gasteiger partial charge on any atom is 0.187 e. The summed E-state index contributed by atoms with van der Waals surface area (Å²) in [7, 11) is 0. The molecule has 0 saturated carbocycles. The van der Waals surface area contributed by atoms with Crippen LogP contribution >= 0.6 is 11.6 Å². The fourth-order valence-corrected chi connectivity index (χ4v) is 7.72. The molecule has 1 unspecified atom stereocenters. The second-order valence-electron chi connectivity index (χ2n) is 14.0.